The Hall–Kier alpha value is -1.47. The number of piperazine rings is 1. The summed E-state index contributed by atoms with van der Waals surface area (Å²) >= 11 is 5.46. The van der Waals surface area contributed by atoms with Crippen molar-refractivity contribution >= 4 is 38.8 Å². The Bertz CT molecular complexity index is 1120. The van der Waals surface area contributed by atoms with Gasteiger partial charge >= 0.3 is 0 Å². The zero-order chi connectivity index (χ0) is 21.0. The molecule has 3 aromatic rings. The number of hydrogen-bond donors (Lipinski definition) is 1. The first-order chi connectivity index (χ1) is 14.4. The first kappa shape index (κ1) is 20.4. The predicted octanol–water partition coefficient (Wildman–Crippen LogP) is 5.42. The summed E-state index contributed by atoms with van der Waals surface area (Å²) < 4.78 is 9.43. The number of H-pyrrole nitrogens is 1. The van der Waals surface area contributed by atoms with Crippen LogP contribution in [0.5, 0.6) is 5.75 Å². The molecule has 0 unspecified atom stereocenters. The average Bonchev–Trinajstić information content (AvgIpc) is 3.08. The number of rotatable bonds is 3. The molecule has 30 heavy (non-hydrogen) atoms. The third kappa shape index (κ3) is 3.38. The van der Waals surface area contributed by atoms with Gasteiger partial charge in [0.05, 0.1) is 12.0 Å². The number of benzene rings is 2. The predicted molar refractivity (Wildman–Crippen MR) is 129 cm³/mol. The fourth-order valence-electron chi connectivity index (χ4n) is 4.85. The van der Waals surface area contributed by atoms with Crippen LogP contribution in [0.25, 0.3) is 10.9 Å². The quantitative estimate of drug-likeness (QED) is 0.501. The first-order valence-electron chi connectivity index (χ1n) is 10.5. The highest BCUT2D eigenvalue weighted by Crippen LogP contribution is 2.47. The molecule has 1 fully saturated rings. The number of aromatic nitrogens is 1. The van der Waals surface area contributed by atoms with Gasteiger partial charge in [0.25, 0.3) is 0 Å². The highest BCUT2D eigenvalue weighted by Gasteiger charge is 2.36. The number of methoxy groups -OCH3 is 1. The molecule has 1 aromatic heterocycles. The van der Waals surface area contributed by atoms with Gasteiger partial charge in [0.2, 0.25) is 0 Å². The minimum absolute atomic E-state index is 0.0985. The Kier molecular flexibility index (Phi) is 5.17. The molecule has 0 atom stereocenters. The van der Waals surface area contributed by atoms with E-state index in [4.69, 9.17) is 4.74 Å². The summed E-state index contributed by atoms with van der Waals surface area (Å²) in [5, 5.41) is 1.33. The lowest BCUT2D eigenvalue weighted by Gasteiger charge is -2.35. The summed E-state index contributed by atoms with van der Waals surface area (Å²) in [6, 6.07) is 11.2. The number of fused-ring (bicyclic) bond motifs is 4. The van der Waals surface area contributed by atoms with Gasteiger partial charge in [0.15, 0.2) is 0 Å². The highest BCUT2D eigenvalue weighted by molar-refractivity contribution is 9.10. The normalized spacial score (nSPS) is 19.0. The van der Waals surface area contributed by atoms with Crippen LogP contribution in [0.3, 0.4) is 0 Å². The topological polar surface area (TPSA) is 31.5 Å². The Balaban J connectivity index is 1.56. The van der Waals surface area contributed by atoms with Crippen LogP contribution in [0.2, 0.25) is 0 Å². The van der Waals surface area contributed by atoms with E-state index in [-0.39, 0.29) is 5.41 Å². The molecule has 1 saturated heterocycles. The van der Waals surface area contributed by atoms with Crippen LogP contribution in [0.15, 0.2) is 39.7 Å². The second kappa shape index (κ2) is 7.59. The number of hydrogen-bond acceptors (Lipinski definition) is 4. The Morgan fingerprint density at radius 1 is 1.10 bits per heavy atom. The lowest BCUT2D eigenvalue weighted by molar-refractivity contribution is 0.233. The molecule has 0 radical (unpaired) electrons. The first-order valence-corrected chi connectivity index (χ1v) is 12.1. The zero-order valence-corrected chi connectivity index (χ0v) is 20.4. The molecule has 5 rings (SSSR count). The van der Waals surface area contributed by atoms with Gasteiger partial charge in [0, 0.05) is 59.1 Å². The van der Waals surface area contributed by atoms with E-state index in [1.807, 2.05) is 11.9 Å². The van der Waals surface area contributed by atoms with Crippen LogP contribution in [-0.4, -0.2) is 54.5 Å². The average molecular weight is 486 g/mol. The van der Waals surface area contributed by atoms with Crippen molar-refractivity contribution in [3.8, 4) is 5.75 Å². The van der Waals surface area contributed by atoms with Gasteiger partial charge in [-0.25, -0.2) is 4.31 Å². The van der Waals surface area contributed by atoms with Crippen LogP contribution in [-0.2, 0) is 11.8 Å². The number of nitrogens with zero attached hydrogens (tertiary/aromatic N) is 2. The fourth-order valence-corrected chi connectivity index (χ4v) is 6.26. The molecule has 6 heteroatoms. The lowest BCUT2D eigenvalue weighted by Crippen LogP contribution is -2.41. The SMILES string of the molecule is COc1cc2c(cc1SN1CCN(C)CC1)Cc1c([nH]c3cc(Br)ccc13)C2(C)C. The second-order valence-corrected chi connectivity index (χ2v) is 11.0. The maximum Gasteiger partial charge on any atom is 0.134 e. The standard InChI is InChI=1S/C24H28BrN3OS/c1-24(2)19-14-21(29-4)22(30-28-9-7-27(3)8-10-28)12-15(19)11-18-17-6-5-16(25)13-20(17)26-23(18)24/h5-6,12-14,26H,7-11H2,1-4H3. The molecule has 2 aliphatic rings. The molecule has 0 bridgehead atoms. The third-order valence-electron chi connectivity index (χ3n) is 6.61. The maximum atomic E-state index is 5.86. The van der Waals surface area contributed by atoms with Gasteiger partial charge in [-0.15, -0.1) is 0 Å². The van der Waals surface area contributed by atoms with Crippen LogP contribution < -0.4 is 4.74 Å². The minimum Gasteiger partial charge on any atom is -0.496 e. The summed E-state index contributed by atoms with van der Waals surface area (Å²) in [6.45, 7) is 9.02. The molecule has 1 aliphatic heterocycles. The Labute approximate surface area is 191 Å². The van der Waals surface area contributed by atoms with Gasteiger partial charge in [-0.3, -0.25) is 0 Å². The van der Waals surface area contributed by atoms with Crippen molar-refractivity contribution in [1.29, 1.82) is 0 Å². The van der Waals surface area contributed by atoms with E-state index in [0.717, 1.165) is 42.8 Å². The van der Waals surface area contributed by atoms with Gasteiger partial charge in [-0.1, -0.05) is 35.8 Å². The van der Waals surface area contributed by atoms with Gasteiger partial charge in [-0.05, 0) is 60.0 Å². The molecule has 158 valence electrons. The Morgan fingerprint density at radius 3 is 2.60 bits per heavy atom. The Morgan fingerprint density at radius 2 is 1.87 bits per heavy atom. The van der Waals surface area contributed by atoms with Crippen molar-refractivity contribution in [3.63, 3.8) is 0 Å². The van der Waals surface area contributed by atoms with Gasteiger partial charge in [-0.2, -0.15) is 0 Å². The van der Waals surface area contributed by atoms with E-state index in [0.29, 0.717) is 0 Å². The smallest absolute Gasteiger partial charge is 0.134 e. The molecule has 1 N–H and O–H groups in total. The largest absolute Gasteiger partial charge is 0.496 e. The van der Waals surface area contributed by atoms with Crippen molar-refractivity contribution in [3.05, 3.63) is 57.2 Å². The lowest BCUT2D eigenvalue weighted by atomic mass is 9.72. The number of aromatic amines is 1. The molecule has 2 heterocycles. The van der Waals surface area contributed by atoms with E-state index < -0.39 is 0 Å². The van der Waals surface area contributed by atoms with Crippen molar-refractivity contribution in [2.45, 2.75) is 30.6 Å². The molecule has 4 nitrogen and oxygen atoms in total. The van der Waals surface area contributed by atoms with Crippen LogP contribution >= 0.6 is 27.9 Å². The molecule has 1 aliphatic carbocycles. The summed E-state index contributed by atoms with van der Waals surface area (Å²) in [4.78, 5) is 7.34. The number of halogens is 1. The zero-order valence-electron chi connectivity index (χ0n) is 18.0. The second-order valence-electron chi connectivity index (χ2n) is 8.95. The van der Waals surface area contributed by atoms with E-state index in [1.54, 1.807) is 7.11 Å². The van der Waals surface area contributed by atoms with E-state index in [1.165, 1.54) is 38.2 Å². The summed E-state index contributed by atoms with van der Waals surface area (Å²) in [6.07, 6.45) is 0.954. The number of ether oxygens (including phenoxy) is 1. The molecule has 0 spiro atoms. The highest BCUT2D eigenvalue weighted by atomic mass is 79.9. The van der Waals surface area contributed by atoms with Crippen LogP contribution in [0, 0.1) is 0 Å². The fraction of sp³-hybridized carbons (Fsp3) is 0.417. The van der Waals surface area contributed by atoms with Gasteiger partial charge < -0.3 is 14.6 Å². The van der Waals surface area contributed by atoms with Crippen molar-refractivity contribution < 1.29 is 4.74 Å². The third-order valence-corrected chi connectivity index (χ3v) is 8.25. The number of likely N-dealkylation sites (N-methyl/N-ethyl adjacent to an activating group) is 1. The number of nitrogens with one attached hydrogen (secondary N) is 1. The molecular weight excluding hydrogens is 458 g/mol. The summed E-state index contributed by atoms with van der Waals surface area (Å²) in [7, 11) is 3.98. The van der Waals surface area contributed by atoms with E-state index in [2.05, 4.69) is 81.3 Å². The van der Waals surface area contributed by atoms with Crippen LogP contribution in [0.1, 0.15) is 36.2 Å². The van der Waals surface area contributed by atoms with E-state index in [9.17, 15) is 0 Å². The molecule has 0 amide bonds. The summed E-state index contributed by atoms with van der Waals surface area (Å²) in [5.41, 5.74) is 6.63. The van der Waals surface area contributed by atoms with Crippen molar-refractivity contribution in [2.75, 3.05) is 40.3 Å². The van der Waals surface area contributed by atoms with Gasteiger partial charge in [0.1, 0.15) is 5.75 Å². The minimum atomic E-state index is -0.0985. The molecular formula is C24H28BrN3OS. The van der Waals surface area contributed by atoms with Crippen molar-refractivity contribution in [2.24, 2.45) is 0 Å². The molecule has 0 saturated carbocycles. The summed E-state index contributed by atoms with van der Waals surface area (Å²) in [5.74, 6) is 0.980. The van der Waals surface area contributed by atoms with Crippen molar-refractivity contribution in [1.82, 2.24) is 14.2 Å². The monoisotopic (exact) mass is 485 g/mol. The maximum absolute atomic E-state index is 5.86. The molecule has 2 aromatic carbocycles. The van der Waals surface area contributed by atoms with Crippen LogP contribution in [0.4, 0.5) is 0 Å². The van der Waals surface area contributed by atoms with E-state index >= 15 is 0 Å².